The minimum Gasteiger partial charge on any atom is -0.288 e. The Morgan fingerprint density at radius 1 is 0.714 bits per heavy atom. The molecule has 0 saturated carbocycles. The lowest BCUT2D eigenvalue weighted by atomic mass is 9.81. The minimum atomic E-state index is -0.815. The predicted octanol–water partition coefficient (Wildman–Crippen LogP) is 3.70. The molecule has 0 amide bonds. The second-order valence-corrected chi connectivity index (χ2v) is 6.28. The normalized spacial score (nSPS) is 12.4. The third-order valence-corrected chi connectivity index (χ3v) is 4.73. The third-order valence-electron chi connectivity index (χ3n) is 4.73. The van der Waals surface area contributed by atoms with E-state index >= 15 is 0 Å². The van der Waals surface area contributed by atoms with Gasteiger partial charge in [-0.2, -0.15) is 0 Å². The van der Waals surface area contributed by atoms with Crippen LogP contribution in [-0.2, 0) is 6.42 Å². The first kappa shape index (κ1) is 17.2. The average Bonchev–Trinajstić information content (AvgIpc) is 2.66. The Bertz CT molecular complexity index is 1250. The van der Waals surface area contributed by atoms with Gasteiger partial charge in [-0.15, -0.1) is 0 Å². The van der Waals surface area contributed by atoms with E-state index in [2.05, 4.69) is 0 Å². The molecule has 0 N–H and O–H groups in total. The molecule has 0 spiro atoms. The van der Waals surface area contributed by atoms with Crippen LogP contribution < -0.4 is 0 Å². The van der Waals surface area contributed by atoms with Crippen molar-refractivity contribution < 1.29 is 19.6 Å². The number of nitro benzene ring substituents is 3. The first-order valence-corrected chi connectivity index (χ1v) is 7.98. The van der Waals surface area contributed by atoms with Crippen LogP contribution in [0.25, 0.3) is 10.8 Å². The van der Waals surface area contributed by atoms with Crippen molar-refractivity contribution >= 4 is 33.6 Å². The van der Waals surface area contributed by atoms with Crippen LogP contribution >= 0.6 is 0 Å². The third kappa shape index (κ3) is 2.47. The molecule has 3 aromatic rings. The lowest BCUT2D eigenvalue weighted by Gasteiger charge is -2.20. The molecule has 10 heteroatoms. The molecule has 138 valence electrons. The van der Waals surface area contributed by atoms with Crippen molar-refractivity contribution in [3.63, 3.8) is 0 Å². The van der Waals surface area contributed by atoms with E-state index in [1.807, 2.05) is 0 Å². The highest BCUT2D eigenvalue weighted by molar-refractivity contribution is 6.21. The van der Waals surface area contributed by atoms with Gasteiger partial charge in [-0.1, -0.05) is 12.1 Å². The van der Waals surface area contributed by atoms with E-state index in [4.69, 9.17) is 0 Å². The smallest absolute Gasteiger partial charge is 0.287 e. The molecule has 1 aliphatic carbocycles. The molecule has 0 atom stereocenters. The van der Waals surface area contributed by atoms with Gasteiger partial charge < -0.3 is 0 Å². The zero-order chi connectivity index (χ0) is 20.2. The summed E-state index contributed by atoms with van der Waals surface area (Å²) in [7, 11) is 0. The molecule has 28 heavy (non-hydrogen) atoms. The standard InChI is InChI=1S/C18H9N3O7/c22-18-16-10(2-1-9-6-12(19(23)24)3-4-14(9)16)5-11-7-13(20(25)26)8-15(17(11)18)21(27)28/h1-4,6-8H,5H2. The summed E-state index contributed by atoms with van der Waals surface area (Å²) in [5, 5.41) is 34.4. The molecule has 0 radical (unpaired) electrons. The van der Waals surface area contributed by atoms with Crippen molar-refractivity contribution in [2.24, 2.45) is 0 Å². The molecule has 4 rings (SSSR count). The molecule has 3 aromatic carbocycles. The van der Waals surface area contributed by atoms with Crippen LogP contribution in [0.4, 0.5) is 17.1 Å². The minimum absolute atomic E-state index is 0.103. The number of carbonyl (C=O) groups excluding carboxylic acids is 1. The molecule has 10 nitrogen and oxygen atoms in total. The first-order chi connectivity index (χ1) is 13.3. The van der Waals surface area contributed by atoms with Gasteiger partial charge in [-0.05, 0) is 34.4 Å². The second kappa shape index (κ2) is 5.91. The molecule has 0 heterocycles. The van der Waals surface area contributed by atoms with Gasteiger partial charge in [0.15, 0.2) is 0 Å². The van der Waals surface area contributed by atoms with Crippen molar-refractivity contribution in [1.82, 2.24) is 0 Å². The Morgan fingerprint density at radius 2 is 1.43 bits per heavy atom. The SMILES string of the molecule is O=C1c2c(cc([N+](=O)[O-])cc2[N+](=O)[O-])Cc2ccc3cc([N+](=O)[O-])ccc3c21. The molecule has 0 fully saturated rings. The molecule has 0 aliphatic heterocycles. The van der Waals surface area contributed by atoms with Gasteiger partial charge >= 0.3 is 0 Å². The van der Waals surface area contributed by atoms with Gasteiger partial charge in [0.2, 0.25) is 5.78 Å². The van der Waals surface area contributed by atoms with Gasteiger partial charge in [0.1, 0.15) is 5.56 Å². The number of ketones is 1. The highest BCUT2D eigenvalue weighted by Gasteiger charge is 2.34. The number of hydrogen-bond donors (Lipinski definition) is 0. The first-order valence-electron chi connectivity index (χ1n) is 7.98. The van der Waals surface area contributed by atoms with Crippen molar-refractivity contribution in [2.45, 2.75) is 6.42 Å². The summed E-state index contributed by atoms with van der Waals surface area (Å²) in [5.74, 6) is -0.627. The van der Waals surface area contributed by atoms with E-state index in [0.29, 0.717) is 16.3 Å². The Labute approximate surface area is 155 Å². The fourth-order valence-electron chi connectivity index (χ4n) is 3.54. The van der Waals surface area contributed by atoms with Crippen molar-refractivity contribution in [2.75, 3.05) is 0 Å². The summed E-state index contributed by atoms with van der Waals surface area (Å²) >= 11 is 0. The molecular weight excluding hydrogens is 370 g/mol. The number of hydrogen-bond acceptors (Lipinski definition) is 7. The van der Waals surface area contributed by atoms with Crippen LogP contribution in [0, 0.1) is 30.3 Å². The number of fused-ring (bicyclic) bond motifs is 4. The van der Waals surface area contributed by atoms with Crippen molar-refractivity contribution in [1.29, 1.82) is 0 Å². The van der Waals surface area contributed by atoms with Gasteiger partial charge in [0.25, 0.3) is 17.1 Å². The van der Waals surface area contributed by atoms with E-state index in [-0.39, 0.29) is 28.8 Å². The molecule has 0 bridgehead atoms. The van der Waals surface area contributed by atoms with Crippen LogP contribution in [0.3, 0.4) is 0 Å². The van der Waals surface area contributed by atoms with Gasteiger partial charge in [-0.3, -0.25) is 35.1 Å². The van der Waals surface area contributed by atoms with E-state index < -0.39 is 31.9 Å². The maximum Gasteiger partial charge on any atom is 0.287 e. The van der Waals surface area contributed by atoms with Crippen LogP contribution in [0.2, 0.25) is 0 Å². The monoisotopic (exact) mass is 379 g/mol. The topological polar surface area (TPSA) is 146 Å². The Kier molecular flexibility index (Phi) is 3.63. The fraction of sp³-hybridized carbons (Fsp3) is 0.0556. The fourth-order valence-corrected chi connectivity index (χ4v) is 3.54. The van der Waals surface area contributed by atoms with Crippen LogP contribution in [0.15, 0.2) is 42.5 Å². The summed E-state index contributed by atoms with van der Waals surface area (Å²) < 4.78 is 0. The number of benzene rings is 3. The number of non-ortho nitro benzene ring substituents is 2. The zero-order valence-corrected chi connectivity index (χ0v) is 13.9. The van der Waals surface area contributed by atoms with Gasteiger partial charge in [-0.25, -0.2) is 0 Å². The van der Waals surface area contributed by atoms with Crippen LogP contribution in [-0.4, -0.2) is 20.6 Å². The largest absolute Gasteiger partial charge is 0.288 e. The Morgan fingerprint density at radius 3 is 2.07 bits per heavy atom. The lowest BCUT2D eigenvalue weighted by Crippen LogP contribution is -2.18. The number of nitrogens with zero attached hydrogens (tertiary/aromatic N) is 3. The predicted molar refractivity (Wildman–Crippen MR) is 96.6 cm³/mol. The van der Waals surface area contributed by atoms with E-state index in [9.17, 15) is 35.1 Å². The average molecular weight is 379 g/mol. The maximum atomic E-state index is 13.1. The molecule has 1 aliphatic rings. The summed E-state index contributed by atoms with van der Waals surface area (Å²) in [6, 6.07) is 9.18. The second-order valence-electron chi connectivity index (χ2n) is 6.28. The van der Waals surface area contributed by atoms with Crippen LogP contribution in [0.1, 0.15) is 27.0 Å². The molecule has 0 aromatic heterocycles. The zero-order valence-electron chi connectivity index (χ0n) is 13.9. The van der Waals surface area contributed by atoms with Gasteiger partial charge in [0.05, 0.1) is 20.8 Å². The summed E-state index contributed by atoms with van der Waals surface area (Å²) in [5.41, 5.74) is -0.436. The molecule has 0 saturated heterocycles. The Hall–Kier alpha value is -4.21. The van der Waals surface area contributed by atoms with Crippen molar-refractivity contribution in [3.05, 3.63) is 95.1 Å². The lowest BCUT2D eigenvalue weighted by molar-refractivity contribution is -0.394. The van der Waals surface area contributed by atoms with E-state index in [0.717, 1.165) is 6.07 Å². The highest BCUT2D eigenvalue weighted by atomic mass is 16.6. The van der Waals surface area contributed by atoms with E-state index in [1.54, 1.807) is 12.1 Å². The Balaban J connectivity index is 1.99. The van der Waals surface area contributed by atoms with Crippen LogP contribution in [0.5, 0.6) is 0 Å². The van der Waals surface area contributed by atoms with E-state index in [1.165, 1.54) is 24.3 Å². The van der Waals surface area contributed by atoms with Crippen molar-refractivity contribution in [3.8, 4) is 0 Å². The maximum absolute atomic E-state index is 13.1. The number of rotatable bonds is 3. The summed E-state index contributed by atoms with van der Waals surface area (Å²) in [6.45, 7) is 0. The summed E-state index contributed by atoms with van der Waals surface area (Å²) in [4.78, 5) is 44.5. The molecular formula is C18H9N3O7. The number of carbonyl (C=O) groups is 1. The summed E-state index contributed by atoms with van der Waals surface area (Å²) in [6.07, 6.45) is 0.103. The molecule has 0 unspecified atom stereocenters. The quantitative estimate of drug-likeness (QED) is 0.389. The number of nitro groups is 3. The van der Waals surface area contributed by atoms with Gasteiger partial charge in [0, 0.05) is 23.8 Å². The highest BCUT2D eigenvalue weighted by Crippen LogP contribution is 2.39.